The number of thiophene rings is 1. The van der Waals surface area contributed by atoms with E-state index in [1.54, 1.807) is 11.3 Å². The second kappa shape index (κ2) is 6.03. The molecule has 0 bridgehead atoms. The number of rotatable bonds is 6. The van der Waals surface area contributed by atoms with E-state index in [1.165, 1.54) is 11.3 Å². The Morgan fingerprint density at radius 3 is 3.00 bits per heavy atom. The molecule has 1 atom stereocenters. The van der Waals surface area contributed by atoms with Crippen LogP contribution in [0.25, 0.3) is 0 Å². The molecule has 2 nitrogen and oxygen atoms in total. The van der Waals surface area contributed by atoms with E-state index in [0.717, 1.165) is 19.5 Å². The van der Waals surface area contributed by atoms with E-state index in [0.29, 0.717) is 6.04 Å². The van der Waals surface area contributed by atoms with Crippen LogP contribution in [-0.4, -0.2) is 10.6 Å². The first-order valence-electron chi connectivity index (χ1n) is 6.18. The SMILES string of the molecule is CCn1cccc1CNC(C)Cc1ccsc1. The van der Waals surface area contributed by atoms with Crippen molar-refractivity contribution in [2.45, 2.75) is 39.4 Å². The molecule has 17 heavy (non-hydrogen) atoms. The molecule has 0 saturated heterocycles. The molecule has 2 rings (SSSR count). The molecular weight excluding hydrogens is 228 g/mol. The molecule has 0 radical (unpaired) electrons. The van der Waals surface area contributed by atoms with Gasteiger partial charge in [-0.3, -0.25) is 0 Å². The summed E-state index contributed by atoms with van der Waals surface area (Å²) < 4.78 is 2.28. The molecular formula is C14H20N2S. The molecule has 0 aliphatic heterocycles. The van der Waals surface area contributed by atoms with Crippen molar-refractivity contribution in [3.8, 4) is 0 Å². The second-order valence-electron chi connectivity index (χ2n) is 4.40. The zero-order valence-corrected chi connectivity index (χ0v) is 11.3. The van der Waals surface area contributed by atoms with Gasteiger partial charge in [-0.05, 0) is 54.8 Å². The summed E-state index contributed by atoms with van der Waals surface area (Å²) in [5.74, 6) is 0. The first kappa shape index (κ1) is 12.4. The summed E-state index contributed by atoms with van der Waals surface area (Å²) >= 11 is 1.77. The van der Waals surface area contributed by atoms with E-state index in [-0.39, 0.29) is 0 Å². The summed E-state index contributed by atoms with van der Waals surface area (Å²) in [6, 6.07) is 7.03. The van der Waals surface area contributed by atoms with E-state index < -0.39 is 0 Å². The molecule has 0 fully saturated rings. The van der Waals surface area contributed by atoms with Crippen LogP contribution in [0, 0.1) is 0 Å². The number of aryl methyl sites for hydroxylation is 1. The van der Waals surface area contributed by atoms with Crippen LogP contribution >= 0.6 is 11.3 Å². The Hall–Kier alpha value is -1.06. The predicted molar refractivity (Wildman–Crippen MR) is 74.4 cm³/mol. The standard InChI is InChI=1S/C14H20N2S/c1-3-16-7-4-5-14(16)10-15-12(2)9-13-6-8-17-11-13/h4-8,11-12,15H,3,9-10H2,1-2H3. The number of nitrogens with zero attached hydrogens (tertiary/aromatic N) is 1. The molecule has 2 aromatic heterocycles. The Morgan fingerprint density at radius 1 is 1.41 bits per heavy atom. The third-order valence-electron chi connectivity index (χ3n) is 3.02. The van der Waals surface area contributed by atoms with E-state index in [2.05, 4.69) is 58.9 Å². The van der Waals surface area contributed by atoms with Crippen molar-refractivity contribution in [3.63, 3.8) is 0 Å². The molecule has 92 valence electrons. The fraction of sp³-hybridized carbons (Fsp3) is 0.429. The summed E-state index contributed by atoms with van der Waals surface area (Å²) in [5.41, 5.74) is 2.80. The van der Waals surface area contributed by atoms with Gasteiger partial charge in [0.15, 0.2) is 0 Å². The van der Waals surface area contributed by atoms with Crippen molar-refractivity contribution >= 4 is 11.3 Å². The van der Waals surface area contributed by atoms with Gasteiger partial charge in [-0.25, -0.2) is 0 Å². The van der Waals surface area contributed by atoms with Crippen LogP contribution in [0.3, 0.4) is 0 Å². The minimum absolute atomic E-state index is 0.518. The van der Waals surface area contributed by atoms with Crippen molar-refractivity contribution in [2.24, 2.45) is 0 Å². The Bertz CT molecular complexity index is 431. The molecule has 0 saturated carbocycles. The van der Waals surface area contributed by atoms with Gasteiger partial charge in [-0.1, -0.05) is 0 Å². The molecule has 0 aromatic carbocycles. The Balaban J connectivity index is 1.82. The average Bonchev–Trinajstić information content (AvgIpc) is 2.96. The highest BCUT2D eigenvalue weighted by Gasteiger charge is 2.05. The smallest absolute Gasteiger partial charge is 0.0361 e. The van der Waals surface area contributed by atoms with Crippen molar-refractivity contribution < 1.29 is 0 Å². The Morgan fingerprint density at radius 2 is 2.29 bits per heavy atom. The third kappa shape index (κ3) is 3.45. The number of nitrogens with one attached hydrogen (secondary N) is 1. The Labute approximate surface area is 107 Å². The summed E-state index contributed by atoms with van der Waals surface area (Å²) in [5, 5.41) is 7.95. The third-order valence-corrected chi connectivity index (χ3v) is 3.75. The van der Waals surface area contributed by atoms with Crippen LogP contribution in [0.5, 0.6) is 0 Å². The van der Waals surface area contributed by atoms with E-state index in [1.807, 2.05) is 0 Å². The van der Waals surface area contributed by atoms with Gasteiger partial charge in [0.05, 0.1) is 0 Å². The number of hydrogen-bond acceptors (Lipinski definition) is 2. The minimum atomic E-state index is 0.518. The molecule has 0 aliphatic carbocycles. The largest absolute Gasteiger partial charge is 0.351 e. The van der Waals surface area contributed by atoms with Crippen LogP contribution in [0.4, 0.5) is 0 Å². The van der Waals surface area contributed by atoms with Gasteiger partial charge < -0.3 is 9.88 Å². The zero-order chi connectivity index (χ0) is 12.1. The lowest BCUT2D eigenvalue weighted by molar-refractivity contribution is 0.527. The van der Waals surface area contributed by atoms with Crippen LogP contribution in [0.15, 0.2) is 35.2 Å². The Kier molecular flexibility index (Phi) is 4.40. The van der Waals surface area contributed by atoms with Crippen molar-refractivity contribution in [1.82, 2.24) is 9.88 Å². The summed E-state index contributed by atoms with van der Waals surface area (Å²) in [7, 11) is 0. The molecule has 2 aromatic rings. The van der Waals surface area contributed by atoms with Gasteiger partial charge in [0.2, 0.25) is 0 Å². The van der Waals surface area contributed by atoms with Gasteiger partial charge in [0, 0.05) is 31.0 Å². The lowest BCUT2D eigenvalue weighted by Crippen LogP contribution is -2.28. The number of aromatic nitrogens is 1. The quantitative estimate of drug-likeness (QED) is 0.830. The topological polar surface area (TPSA) is 17.0 Å². The van der Waals surface area contributed by atoms with E-state index >= 15 is 0 Å². The fourth-order valence-electron chi connectivity index (χ4n) is 2.03. The molecule has 1 unspecified atom stereocenters. The summed E-state index contributed by atoms with van der Waals surface area (Å²) in [4.78, 5) is 0. The van der Waals surface area contributed by atoms with Gasteiger partial charge >= 0.3 is 0 Å². The average molecular weight is 248 g/mol. The van der Waals surface area contributed by atoms with Crippen LogP contribution < -0.4 is 5.32 Å². The first-order chi connectivity index (χ1) is 8.29. The van der Waals surface area contributed by atoms with Gasteiger partial charge in [-0.15, -0.1) is 0 Å². The highest BCUT2D eigenvalue weighted by Crippen LogP contribution is 2.09. The lowest BCUT2D eigenvalue weighted by atomic mass is 10.1. The van der Waals surface area contributed by atoms with E-state index in [9.17, 15) is 0 Å². The molecule has 3 heteroatoms. The maximum atomic E-state index is 3.58. The number of hydrogen-bond donors (Lipinski definition) is 1. The minimum Gasteiger partial charge on any atom is -0.351 e. The van der Waals surface area contributed by atoms with Crippen molar-refractivity contribution in [2.75, 3.05) is 0 Å². The maximum Gasteiger partial charge on any atom is 0.0361 e. The normalized spacial score (nSPS) is 12.8. The first-order valence-corrected chi connectivity index (χ1v) is 7.12. The van der Waals surface area contributed by atoms with Gasteiger partial charge in [0.1, 0.15) is 0 Å². The second-order valence-corrected chi connectivity index (χ2v) is 5.18. The van der Waals surface area contributed by atoms with Crippen LogP contribution in [0.2, 0.25) is 0 Å². The van der Waals surface area contributed by atoms with Crippen LogP contribution in [0.1, 0.15) is 25.1 Å². The molecule has 0 amide bonds. The summed E-state index contributed by atoms with van der Waals surface area (Å²) in [6.07, 6.45) is 3.25. The predicted octanol–water partition coefficient (Wildman–Crippen LogP) is 3.29. The highest BCUT2D eigenvalue weighted by atomic mass is 32.1. The maximum absolute atomic E-state index is 3.58. The van der Waals surface area contributed by atoms with Crippen LogP contribution in [-0.2, 0) is 19.5 Å². The van der Waals surface area contributed by atoms with Gasteiger partial charge in [0.25, 0.3) is 0 Å². The highest BCUT2D eigenvalue weighted by molar-refractivity contribution is 7.07. The molecule has 0 aliphatic rings. The van der Waals surface area contributed by atoms with Crippen molar-refractivity contribution in [3.05, 3.63) is 46.4 Å². The lowest BCUT2D eigenvalue weighted by Gasteiger charge is -2.14. The van der Waals surface area contributed by atoms with E-state index in [4.69, 9.17) is 0 Å². The summed E-state index contributed by atoms with van der Waals surface area (Å²) in [6.45, 7) is 6.42. The van der Waals surface area contributed by atoms with Crippen molar-refractivity contribution in [1.29, 1.82) is 0 Å². The molecule has 2 heterocycles. The zero-order valence-electron chi connectivity index (χ0n) is 10.5. The fourth-order valence-corrected chi connectivity index (χ4v) is 2.71. The van der Waals surface area contributed by atoms with Gasteiger partial charge in [-0.2, -0.15) is 11.3 Å². The molecule has 0 spiro atoms. The monoisotopic (exact) mass is 248 g/mol. The molecule has 1 N–H and O–H groups in total.